The lowest BCUT2D eigenvalue weighted by atomic mass is 10.1. The summed E-state index contributed by atoms with van der Waals surface area (Å²) in [5, 5.41) is 0. The molecule has 0 aliphatic heterocycles. The number of ether oxygens (including phenoxy) is 3. The van der Waals surface area contributed by atoms with Crippen molar-refractivity contribution in [1.29, 1.82) is 0 Å². The summed E-state index contributed by atoms with van der Waals surface area (Å²) in [6.45, 7) is 6.13. The monoisotopic (exact) mass is 867 g/mol. The molecule has 6 nitrogen and oxygen atoms in total. The van der Waals surface area contributed by atoms with E-state index in [0.29, 0.717) is 19.3 Å². The molecule has 0 aromatic rings. The zero-order valence-corrected chi connectivity index (χ0v) is 39.8. The third-order valence-electron chi connectivity index (χ3n) is 9.46. The van der Waals surface area contributed by atoms with E-state index in [0.717, 1.165) is 96.3 Å². The van der Waals surface area contributed by atoms with Crippen molar-refractivity contribution in [3.63, 3.8) is 0 Å². The van der Waals surface area contributed by atoms with Crippen LogP contribution in [0.25, 0.3) is 0 Å². The number of carbonyl (C=O) groups excluding carboxylic acids is 3. The topological polar surface area (TPSA) is 78.9 Å². The van der Waals surface area contributed by atoms with Crippen LogP contribution >= 0.6 is 0 Å². The number of carbonyl (C=O) groups is 3. The number of rotatable bonds is 41. The zero-order chi connectivity index (χ0) is 45.8. The van der Waals surface area contributed by atoms with Gasteiger partial charge in [-0.3, -0.25) is 14.4 Å². The predicted octanol–water partition coefficient (Wildman–Crippen LogP) is 16.1. The summed E-state index contributed by atoms with van der Waals surface area (Å²) < 4.78 is 16.6. The van der Waals surface area contributed by atoms with Crippen LogP contribution in [-0.4, -0.2) is 37.2 Å². The third-order valence-corrected chi connectivity index (χ3v) is 9.46. The molecular weight excluding hydrogens is 781 g/mol. The van der Waals surface area contributed by atoms with Gasteiger partial charge in [0.2, 0.25) is 0 Å². The van der Waals surface area contributed by atoms with Gasteiger partial charge in [0, 0.05) is 19.3 Å². The second kappa shape index (κ2) is 49.9. The molecule has 6 heteroatoms. The molecule has 0 saturated heterocycles. The molecule has 0 fully saturated rings. The Morgan fingerprint density at radius 2 is 0.683 bits per heavy atom. The number of unbranched alkanes of at least 4 members (excludes halogenated alkanes) is 10. The summed E-state index contributed by atoms with van der Waals surface area (Å²) >= 11 is 0. The SMILES string of the molecule is CC\C=C/C=C\C=C/C=C\C=C/CCCCCC(=O)OC(COC(=O)CC/C=C\C/C=C\C/C=C\C/C=C\C/C=C\CC)COC(=O)CCCCCCCCC/C=C\C/C=C\CC. The minimum absolute atomic E-state index is 0.129. The average molecular weight is 867 g/mol. The van der Waals surface area contributed by atoms with Crippen LogP contribution in [0.3, 0.4) is 0 Å². The molecule has 1 atom stereocenters. The molecule has 1 unspecified atom stereocenters. The number of hydrogen-bond acceptors (Lipinski definition) is 6. The molecule has 0 bridgehead atoms. The fraction of sp³-hybridized carbons (Fsp3) is 0.526. The predicted molar refractivity (Wildman–Crippen MR) is 269 cm³/mol. The van der Waals surface area contributed by atoms with Crippen molar-refractivity contribution in [3.05, 3.63) is 146 Å². The molecule has 0 amide bonds. The summed E-state index contributed by atoms with van der Waals surface area (Å²) in [7, 11) is 0. The van der Waals surface area contributed by atoms with Gasteiger partial charge in [-0.25, -0.2) is 0 Å². The molecule has 0 heterocycles. The molecule has 0 N–H and O–H groups in total. The van der Waals surface area contributed by atoms with Crippen molar-refractivity contribution in [2.24, 2.45) is 0 Å². The zero-order valence-electron chi connectivity index (χ0n) is 39.8. The highest BCUT2D eigenvalue weighted by molar-refractivity contribution is 5.71. The molecule has 350 valence electrons. The molecule has 0 aromatic heterocycles. The number of hydrogen-bond donors (Lipinski definition) is 0. The van der Waals surface area contributed by atoms with Crippen LogP contribution in [0.5, 0.6) is 0 Å². The van der Waals surface area contributed by atoms with Crippen molar-refractivity contribution in [2.75, 3.05) is 13.2 Å². The van der Waals surface area contributed by atoms with Crippen LogP contribution in [0.1, 0.15) is 175 Å². The van der Waals surface area contributed by atoms with Crippen LogP contribution < -0.4 is 0 Å². The van der Waals surface area contributed by atoms with E-state index in [2.05, 4.69) is 106 Å². The highest BCUT2D eigenvalue weighted by atomic mass is 16.6. The third kappa shape index (κ3) is 48.2. The first-order valence-corrected chi connectivity index (χ1v) is 24.4. The van der Waals surface area contributed by atoms with Crippen LogP contribution in [-0.2, 0) is 28.6 Å². The lowest BCUT2D eigenvalue weighted by Gasteiger charge is -2.18. The molecule has 0 aliphatic rings. The van der Waals surface area contributed by atoms with Crippen LogP contribution in [0.2, 0.25) is 0 Å². The second-order valence-electron chi connectivity index (χ2n) is 15.3. The van der Waals surface area contributed by atoms with Gasteiger partial charge in [0.15, 0.2) is 6.10 Å². The van der Waals surface area contributed by atoms with E-state index in [4.69, 9.17) is 14.2 Å². The summed E-state index contributed by atoms with van der Waals surface area (Å²) in [5.74, 6) is -1.08. The first kappa shape index (κ1) is 58.3. The van der Waals surface area contributed by atoms with E-state index in [1.165, 1.54) is 25.7 Å². The number of esters is 3. The first-order valence-electron chi connectivity index (χ1n) is 24.4. The molecule has 0 aliphatic carbocycles. The molecule has 0 saturated carbocycles. The van der Waals surface area contributed by atoms with Crippen molar-refractivity contribution >= 4 is 17.9 Å². The Kier molecular flexibility index (Phi) is 46.2. The lowest BCUT2D eigenvalue weighted by Crippen LogP contribution is -2.30. The fourth-order valence-corrected chi connectivity index (χ4v) is 5.90. The Balaban J connectivity index is 4.62. The minimum Gasteiger partial charge on any atom is -0.462 e. The Morgan fingerprint density at radius 3 is 1.19 bits per heavy atom. The number of allylic oxidation sites excluding steroid dienone is 24. The lowest BCUT2D eigenvalue weighted by molar-refractivity contribution is -0.166. The Hall–Kier alpha value is -4.71. The van der Waals surface area contributed by atoms with E-state index >= 15 is 0 Å². The molecule has 63 heavy (non-hydrogen) atoms. The van der Waals surface area contributed by atoms with E-state index in [1.807, 2.05) is 60.8 Å². The molecule has 0 aromatic carbocycles. The van der Waals surface area contributed by atoms with Crippen LogP contribution in [0.4, 0.5) is 0 Å². The van der Waals surface area contributed by atoms with Crippen molar-refractivity contribution in [2.45, 2.75) is 181 Å². The van der Waals surface area contributed by atoms with Gasteiger partial charge >= 0.3 is 17.9 Å². The fourth-order valence-electron chi connectivity index (χ4n) is 5.90. The maximum Gasteiger partial charge on any atom is 0.306 e. The van der Waals surface area contributed by atoms with Gasteiger partial charge in [-0.2, -0.15) is 0 Å². The van der Waals surface area contributed by atoms with Gasteiger partial charge in [-0.1, -0.05) is 205 Å². The highest BCUT2D eigenvalue weighted by Crippen LogP contribution is 2.12. The van der Waals surface area contributed by atoms with Gasteiger partial charge in [0.05, 0.1) is 0 Å². The average Bonchev–Trinajstić information content (AvgIpc) is 3.28. The van der Waals surface area contributed by atoms with Crippen molar-refractivity contribution < 1.29 is 28.6 Å². The highest BCUT2D eigenvalue weighted by Gasteiger charge is 2.19. The van der Waals surface area contributed by atoms with Gasteiger partial charge in [0.1, 0.15) is 13.2 Å². The van der Waals surface area contributed by atoms with Gasteiger partial charge in [0.25, 0.3) is 0 Å². The van der Waals surface area contributed by atoms with Gasteiger partial charge < -0.3 is 14.2 Å². The maximum atomic E-state index is 12.8. The summed E-state index contributed by atoms with van der Waals surface area (Å²) in [6, 6.07) is 0. The van der Waals surface area contributed by atoms with Gasteiger partial charge in [-0.05, 0) is 96.3 Å². The molecule has 0 radical (unpaired) electrons. The standard InChI is InChI=1S/C57H86O6/c1-4-7-10-13-16-19-22-25-28-30-32-35-38-41-44-47-50-56(59)62-53-54(52-61-55(58)49-46-43-40-37-34-31-27-24-21-18-15-12-9-6-3)63-57(60)51-48-45-42-39-36-33-29-26-23-20-17-14-11-8-5-2/h7-12,14,16-21,23,25-26,28-29,32-33,35-36,41,44,54H,4-6,13,15,22,24,27,30-31,34,37-40,42-43,45-53H2,1-3H3/b10-7-,11-8-,12-9-,17-14-,19-16-,21-18-,23-20-,28-25-,29-26-,35-32-,36-33-,44-41-. The first-order chi connectivity index (χ1) is 31.0. The molecule has 0 spiro atoms. The van der Waals surface area contributed by atoms with Crippen molar-refractivity contribution in [1.82, 2.24) is 0 Å². The van der Waals surface area contributed by atoms with Gasteiger partial charge in [-0.15, -0.1) is 0 Å². The largest absolute Gasteiger partial charge is 0.462 e. The summed E-state index contributed by atoms with van der Waals surface area (Å²) in [5.41, 5.74) is 0. The smallest absolute Gasteiger partial charge is 0.306 e. The second-order valence-corrected chi connectivity index (χ2v) is 15.3. The maximum absolute atomic E-state index is 12.8. The Bertz CT molecular complexity index is 1460. The summed E-state index contributed by atoms with van der Waals surface area (Å²) in [6.07, 6.45) is 71.2. The minimum atomic E-state index is -0.839. The van der Waals surface area contributed by atoms with E-state index < -0.39 is 6.10 Å². The molecular formula is C57H86O6. The normalized spacial score (nSPS) is 13.4. The van der Waals surface area contributed by atoms with Crippen LogP contribution in [0, 0.1) is 0 Å². The van der Waals surface area contributed by atoms with E-state index in [-0.39, 0.29) is 44.0 Å². The molecule has 0 rings (SSSR count). The van der Waals surface area contributed by atoms with E-state index in [9.17, 15) is 14.4 Å². The Morgan fingerprint density at radius 1 is 0.333 bits per heavy atom. The van der Waals surface area contributed by atoms with Crippen LogP contribution in [0.15, 0.2) is 146 Å². The summed E-state index contributed by atoms with van der Waals surface area (Å²) in [4.78, 5) is 37.9. The van der Waals surface area contributed by atoms with E-state index in [1.54, 1.807) is 0 Å². The Labute approximate surface area is 385 Å². The quantitative estimate of drug-likeness (QED) is 0.0200. The van der Waals surface area contributed by atoms with Crippen molar-refractivity contribution in [3.8, 4) is 0 Å².